The fraction of sp³-hybridized carbons (Fsp3) is 0.464. The normalized spacial score (nSPS) is 21.0. The van der Waals surface area contributed by atoms with Gasteiger partial charge in [-0.15, -0.1) is 5.10 Å². The highest BCUT2D eigenvalue weighted by molar-refractivity contribution is 6.62. The number of rotatable bonds is 5. The van der Waals surface area contributed by atoms with Crippen molar-refractivity contribution in [1.29, 1.82) is 0 Å². The molecular weight excluding hydrogens is 465 g/mol. The molecule has 0 unspecified atom stereocenters. The van der Waals surface area contributed by atoms with Gasteiger partial charge in [0.15, 0.2) is 5.82 Å². The smallest absolute Gasteiger partial charge is 0.399 e. The molecule has 3 aliphatic rings. The van der Waals surface area contributed by atoms with Crippen molar-refractivity contribution in [2.45, 2.75) is 58.2 Å². The Morgan fingerprint density at radius 2 is 1.57 bits per heavy atom. The minimum absolute atomic E-state index is 0.115. The van der Waals surface area contributed by atoms with Crippen LogP contribution in [0.1, 0.15) is 57.3 Å². The molecule has 1 N–H and O–H groups in total. The number of hydrogen-bond acceptors (Lipinski definition) is 6. The first-order chi connectivity index (χ1) is 17.5. The number of anilines is 2. The van der Waals surface area contributed by atoms with Crippen molar-refractivity contribution >= 4 is 30.1 Å². The van der Waals surface area contributed by atoms with E-state index in [0.29, 0.717) is 22.8 Å². The number of aryl methyl sites for hydroxylation is 1. The van der Waals surface area contributed by atoms with Gasteiger partial charge in [0.25, 0.3) is 5.91 Å². The van der Waals surface area contributed by atoms with E-state index in [9.17, 15) is 4.79 Å². The molecule has 0 atom stereocenters. The van der Waals surface area contributed by atoms with Gasteiger partial charge in [-0.1, -0.05) is 30.7 Å². The fourth-order valence-electron chi connectivity index (χ4n) is 5.29. The van der Waals surface area contributed by atoms with Gasteiger partial charge in [-0.25, -0.2) is 4.68 Å². The average molecular weight is 499 g/mol. The number of aromatic nitrogens is 3. The Hall–Kier alpha value is -3.17. The van der Waals surface area contributed by atoms with E-state index in [4.69, 9.17) is 9.31 Å². The van der Waals surface area contributed by atoms with Gasteiger partial charge in [-0.05, 0) is 70.3 Å². The van der Waals surface area contributed by atoms with Crippen molar-refractivity contribution in [3.63, 3.8) is 0 Å². The van der Waals surface area contributed by atoms with Gasteiger partial charge in [-0.2, -0.15) is 4.98 Å². The summed E-state index contributed by atoms with van der Waals surface area (Å²) in [5.41, 5.74) is 3.14. The highest BCUT2D eigenvalue weighted by Crippen LogP contribution is 2.48. The van der Waals surface area contributed by atoms with Crippen molar-refractivity contribution in [2.75, 3.05) is 18.4 Å². The molecule has 3 heterocycles. The summed E-state index contributed by atoms with van der Waals surface area (Å²) in [6.07, 6.45) is 3.83. The predicted octanol–water partition coefficient (Wildman–Crippen LogP) is 4.15. The molecule has 9 heteroatoms. The lowest BCUT2D eigenvalue weighted by atomic mass is 9.63. The van der Waals surface area contributed by atoms with Crippen molar-refractivity contribution in [2.24, 2.45) is 12.5 Å². The Balaban J connectivity index is 1.11. The van der Waals surface area contributed by atoms with Gasteiger partial charge in [0.2, 0.25) is 5.95 Å². The molecule has 1 aromatic heterocycles. The highest BCUT2D eigenvalue weighted by Gasteiger charge is 2.51. The lowest BCUT2D eigenvalue weighted by Gasteiger charge is -2.55. The molecule has 6 rings (SSSR count). The maximum atomic E-state index is 12.8. The number of carbonyl (C=O) groups excluding carboxylic acids is 1. The number of hydrogen-bond donors (Lipinski definition) is 1. The molecule has 192 valence electrons. The number of carbonyl (C=O) groups is 1. The van der Waals surface area contributed by atoms with Gasteiger partial charge in [0, 0.05) is 42.4 Å². The van der Waals surface area contributed by atoms with Gasteiger partial charge in [-0.3, -0.25) is 4.79 Å². The molecular formula is C28H34BN5O3. The molecule has 0 radical (unpaired) electrons. The molecule has 1 aliphatic carbocycles. The van der Waals surface area contributed by atoms with E-state index >= 15 is 0 Å². The SMILES string of the molecule is Cn1nc(-c2ccc(C(=O)N3CC4(CCC4)C3)cc2)nc1Nc1ccc(B2OC(C)(C)C(C)(C)O2)cc1. The van der Waals surface area contributed by atoms with Gasteiger partial charge >= 0.3 is 7.12 Å². The molecule has 1 saturated carbocycles. The second-order valence-corrected chi connectivity index (χ2v) is 11.8. The summed E-state index contributed by atoms with van der Waals surface area (Å²) in [6, 6.07) is 15.6. The maximum Gasteiger partial charge on any atom is 0.494 e. The van der Waals surface area contributed by atoms with E-state index in [1.54, 1.807) is 4.68 Å². The number of benzene rings is 2. The van der Waals surface area contributed by atoms with Crippen LogP contribution in [0.2, 0.25) is 0 Å². The first kappa shape index (κ1) is 24.2. The van der Waals surface area contributed by atoms with Crippen LogP contribution in [0.3, 0.4) is 0 Å². The van der Waals surface area contributed by atoms with Crippen molar-refractivity contribution in [3.8, 4) is 11.4 Å². The topological polar surface area (TPSA) is 81.5 Å². The fourth-order valence-corrected chi connectivity index (χ4v) is 5.29. The maximum absolute atomic E-state index is 12.8. The third-order valence-electron chi connectivity index (χ3n) is 8.60. The van der Waals surface area contributed by atoms with E-state index in [1.807, 2.05) is 60.5 Å². The first-order valence-electron chi connectivity index (χ1n) is 13.1. The van der Waals surface area contributed by atoms with Crippen LogP contribution in [-0.2, 0) is 16.4 Å². The van der Waals surface area contributed by atoms with Crippen LogP contribution >= 0.6 is 0 Å². The van der Waals surface area contributed by atoms with E-state index in [-0.39, 0.29) is 17.1 Å². The summed E-state index contributed by atoms with van der Waals surface area (Å²) in [6.45, 7) is 10.0. The quantitative estimate of drug-likeness (QED) is 0.532. The molecule has 1 spiro atoms. The Bertz CT molecular complexity index is 1300. The van der Waals surface area contributed by atoms with Gasteiger partial charge < -0.3 is 19.5 Å². The highest BCUT2D eigenvalue weighted by atomic mass is 16.7. The van der Waals surface area contributed by atoms with Crippen LogP contribution in [0.4, 0.5) is 11.6 Å². The predicted molar refractivity (Wildman–Crippen MR) is 144 cm³/mol. The van der Waals surface area contributed by atoms with E-state index < -0.39 is 7.12 Å². The zero-order chi connectivity index (χ0) is 26.0. The van der Waals surface area contributed by atoms with Crippen LogP contribution < -0.4 is 10.8 Å². The molecule has 2 saturated heterocycles. The number of nitrogens with zero attached hydrogens (tertiary/aromatic N) is 4. The molecule has 2 aliphatic heterocycles. The Morgan fingerprint density at radius 3 is 2.14 bits per heavy atom. The molecule has 37 heavy (non-hydrogen) atoms. The molecule has 3 fully saturated rings. The zero-order valence-corrected chi connectivity index (χ0v) is 22.2. The third kappa shape index (κ3) is 4.24. The minimum atomic E-state index is -0.393. The molecule has 0 bridgehead atoms. The molecule has 2 aromatic carbocycles. The van der Waals surface area contributed by atoms with Crippen LogP contribution in [0.5, 0.6) is 0 Å². The first-order valence-corrected chi connectivity index (χ1v) is 13.1. The van der Waals surface area contributed by atoms with Crippen LogP contribution in [0.15, 0.2) is 48.5 Å². The summed E-state index contributed by atoms with van der Waals surface area (Å²) in [5.74, 6) is 1.35. The number of amides is 1. The van der Waals surface area contributed by atoms with E-state index in [2.05, 4.69) is 43.1 Å². The Kier molecular flexibility index (Phi) is 5.51. The third-order valence-corrected chi connectivity index (χ3v) is 8.60. The summed E-state index contributed by atoms with van der Waals surface area (Å²) in [5, 5.41) is 7.91. The van der Waals surface area contributed by atoms with E-state index in [0.717, 1.165) is 29.8 Å². The van der Waals surface area contributed by atoms with Crippen LogP contribution in [0.25, 0.3) is 11.4 Å². The van der Waals surface area contributed by atoms with Gasteiger partial charge in [0.05, 0.1) is 11.2 Å². The summed E-state index contributed by atoms with van der Waals surface area (Å²) >= 11 is 0. The van der Waals surface area contributed by atoms with E-state index in [1.165, 1.54) is 19.3 Å². The molecule has 3 aromatic rings. The lowest BCUT2D eigenvalue weighted by molar-refractivity contribution is -0.0426. The van der Waals surface area contributed by atoms with Crippen LogP contribution in [-0.4, -0.2) is 57.0 Å². The number of nitrogens with one attached hydrogen (secondary N) is 1. The summed E-state index contributed by atoms with van der Waals surface area (Å²) in [4.78, 5) is 19.4. The Labute approximate surface area is 218 Å². The second-order valence-electron chi connectivity index (χ2n) is 11.8. The van der Waals surface area contributed by atoms with Crippen molar-refractivity contribution < 1.29 is 14.1 Å². The zero-order valence-electron chi connectivity index (χ0n) is 22.2. The average Bonchev–Trinajstić information content (AvgIpc) is 3.27. The molecule has 8 nitrogen and oxygen atoms in total. The standard InChI is InChI=1S/C28H34BN5O3/c1-26(2)27(3,4)37-29(36-26)21-11-13-22(14-12-21)30-25-31-23(32-33(25)5)19-7-9-20(10-8-19)24(35)34-17-28(18-34)15-6-16-28/h7-14H,6,15-18H2,1-5H3,(H,30,31,32). The lowest BCUT2D eigenvalue weighted by Crippen LogP contribution is -2.61. The monoisotopic (exact) mass is 499 g/mol. The minimum Gasteiger partial charge on any atom is -0.399 e. The van der Waals surface area contributed by atoms with Gasteiger partial charge in [0.1, 0.15) is 0 Å². The van der Waals surface area contributed by atoms with Crippen molar-refractivity contribution in [1.82, 2.24) is 19.7 Å². The Morgan fingerprint density at radius 1 is 0.946 bits per heavy atom. The van der Waals surface area contributed by atoms with Crippen LogP contribution in [0, 0.1) is 5.41 Å². The second kappa shape index (κ2) is 8.43. The summed E-state index contributed by atoms with van der Waals surface area (Å²) in [7, 11) is 1.46. The number of likely N-dealkylation sites (tertiary alicyclic amines) is 1. The summed E-state index contributed by atoms with van der Waals surface area (Å²) < 4.78 is 14.0. The molecule has 1 amide bonds. The van der Waals surface area contributed by atoms with Crippen molar-refractivity contribution in [3.05, 3.63) is 54.1 Å². The largest absolute Gasteiger partial charge is 0.494 e.